The molecule has 0 aromatic heterocycles. The van der Waals surface area contributed by atoms with Crippen LogP contribution in [0.4, 0.5) is 14.9 Å². The summed E-state index contributed by atoms with van der Waals surface area (Å²) in [5.41, 5.74) is 0.418. The van der Waals surface area contributed by atoms with Crippen molar-refractivity contribution in [3.05, 3.63) is 29.6 Å². The van der Waals surface area contributed by atoms with Gasteiger partial charge in [0.1, 0.15) is 16.5 Å². The highest BCUT2D eigenvalue weighted by Crippen LogP contribution is 2.32. The summed E-state index contributed by atoms with van der Waals surface area (Å²) < 4.78 is 31.2. The van der Waals surface area contributed by atoms with Gasteiger partial charge in [0.25, 0.3) is 0 Å². The summed E-state index contributed by atoms with van der Waals surface area (Å²) in [5, 5.41) is 11.0. The van der Waals surface area contributed by atoms with E-state index in [1.54, 1.807) is 47.6 Å². The average molecular weight is 412 g/mol. The summed E-state index contributed by atoms with van der Waals surface area (Å²) in [7, 11) is -1.58. The molecule has 6 nitrogen and oxygen atoms in total. The summed E-state index contributed by atoms with van der Waals surface area (Å²) in [6.07, 6.45) is 0.364. The number of nitrogens with zero attached hydrogens (tertiary/aromatic N) is 1. The predicted molar refractivity (Wildman–Crippen MR) is 111 cm³/mol. The predicted octanol–water partition coefficient (Wildman–Crippen LogP) is 3.80. The molecule has 1 aromatic rings. The standard InChI is InChI=1S/C20H30FN3O3S/c1-19(2,3)27-18(25)23-12-14-9-10-24(14)16-8-7-13(21)11-15(16)17(22)28(26)20(4,5)6/h7-8,11,14,22H,9-10,12H2,1-6H3,(H,23,25)/t14?,28-/m0/s1. The first-order valence-corrected chi connectivity index (χ1v) is 10.5. The van der Waals surface area contributed by atoms with Crippen LogP contribution in [0.25, 0.3) is 0 Å². The first kappa shape index (κ1) is 22.3. The van der Waals surface area contributed by atoms with Gasteiger partial charge in [0.15, 0.2) is 0 Å². The van der Waals surface area contributed by atoms with Crippen molar-refractivity contribution in [3.8, 4) is 0 Å². The molecule has 8 heteroatoms. The second-order valence-corrected chi connectivity index (χ2v) is 11.1. The first-order valence-electron chi connectivity index (χ1n) is 9.33. The summed E-state index contributed by atoms with van der Waals surface area (Å²) in [4.78, 5) is 13.9. The van der Waals surface area contributed by atoms with E-state index >= 15 is 0 Å². The molecule has 1 unspecified atom stereocenters. The topological polar surface area (TPSA) is 82.5 Å². The van der Waals surface area contributed by atoms with Gasteiger partial charge < -0.3 is 15.0 Å². The number of benzene rings is 1. The Bertz CT molecular complexity index is 784. The molecular weight excluding hydrogens is 381 g/mol. The fourth-order valence-electron chi connectivity index (χ4n) is 2.83. The number of halogens is 1. The Balaban J connectivity index is 2.16. The maximum Gasteiger partial charge on any atom is 0.407 e. The van der Waals surface area contributed by atoms with Crippen LogP contribution in [-0.2, 0) is 15.5 Å². The lowest BCUT2D eigenvalue weighted by Crippen LogP contribution is -2.54. The molecule has 156 valence electrons. The van der Waals surface area contributed by atoms with Crippen LogP contribution in [0.2, 0.25) is 0 Å². The summed E-state index contributed by atoms with van der Waals surface area (Å²) in [6.45, 7) is 11.8. The molecule has 1 aliphatic rings. The average Bonchev–Trinajstić information content (AvgIpc) is 2.51. The largest absolute Gasteiger partial charge is 0.444 e. The number of hydrogen-bond donors (Lipinski definition) is 2. The van der Waals surface area contributed by atoms with Crippen LogP contribution >= 0.6 is 0 Å². The van der Waals surface area contributed by atoms with Crippen LogP contribution in [0, 0.1) is 11.2 Å². The smallest absolute Gasteiger partial charge is 0.407 e. The fourth-order valence-corrected chi connectivity index (χ4v) is 3.81. The number of anilines is 1. The molecule has 1 amide bonds. The molecular formula is C20H30FN3O3S. The maximum atomic E-state index is 13.9. The van der Waals surface area contributed by atoms with Gasteiger partial charge in [-0.15, -0.1) is 0 Å². The SMILES string of the molecule is CC(C)(C)OC(=O)NCC1CCN1c1ccc(F)cc1C(=N)[S@](=O)C(C)(C)C. The molecule has 0 bridgehead atoms. The van der Waals surface area contributed by atoms with Crippen molar-refractivity contribution >= 4 is 27.6 Å². The first-order chi connectivity index (χ1) is 12.8. The van der Waals surface area contributed by atoms with Gasteiger partial charge in [0, 0.05) is 35.1 Å². The maximum absolute atomic E-state index is 13.9. The molecule has 0 aliphatic carbocycles. The van der Waals surface area contributed by atoms with Gasteiger partial charge >= 0.3 is 6.09 Å². The van der Waals surface area contributed by atoms with Gasteiger partial charge in [-0.2, -0.15) is 0 Å². The van der Waals surface area contributed by atoms with Crippen molar-refractivity contribution in [2.24, 2.45) is 0 Å². The third kappa shape index (κ3) is 5.53. The van der Waals surface area contributed by atoms with Crippen molar-refractivity contribution in [1.29, 1.82) is 5.41 Å². The molecule has 2 rings (SSSR count). The van der Waals surface area contributed by atoms with E-state index in [4.69, 9.17) is 10.1 Å². The minimum absolute atomic E-state index is 0.00704. The summed E-state index contributed by atoms with van der Waals surface area (Å²) in [5.74, 6) is -0.474. The highest BCUT2D eigenvalue weighted by molar-refractivity contribution is 8.02. The highest BCUT2D eigenvalue weighted by atomic mass is 32.2. The van der Waals surface area contributed by atoms with Crippen LogP contribution < -0.4 is 10.2 Å². The van der Waals surface area contributed by atoms with E-state index in [0.29, 0.717) is 24.3 Å². The quantitative estimate of drug-likeness (QED) is 0.583. The zero-order valence-electron chi connectivity index (χ0n) is 17.4. The number of ether oxygens (including phenoxy) is 1. The van der Waals surface area contributed by atoms with Crippen LogP contribution in [0.5, 0.6) is 0 Å². The third-order valence-electron chi connectivity index (χ3n) is 4.28. The minimum atomic E-state index is -1.58. The van der Waals surface area contributed by atoms with Crippen LogP contribution in [0.1, 0.15) is 53.5 Å². The molecule has 0 spiro atoms. The molecule has 2 N–H and O–H groups in total. The molecule has 1 saturated heterocycles. The Kier molecular flexibility index (Phi) is 6.53. The lowest BCUT2D eigenvalue weighted by Gasteiger charge is -2.44. The summed E-state index contributed by atoms with van der Waals surface area (Å²) >= 11 is 0. The van der Waals surface area contributed by atoms with E-state index in [1.165, 1.54) is 12.1 Å². The number of carbonyl (C=O) groups is 1. The van der Waals surface area contributed by atoms with E-state index < -0.39 is 33.1 Å². The number of carbonyl (C=O) groups excluding carboxylic acids is 1. The second kappa shape index (κ2) is 8.19. The zero-order chi connectivity index (χ0) is 21.3. The third-order valence-corrected chi connectivity index (χ3v) is 5.98. The number of rotatable bonds is 4. The van der Waals surface area contributed by atoms with Gasteiger partial charge in [-0.05, 0) is 66.2 Å². The van der Waals surface area contributed by atoms with Crippen molar-refractivity contribution in [3.63, 3.8) is 0 Å². The van der Waals surface area contributed by atoms with E-state index in [0.717, 1.165) is 6.42 Å². The molecule has 28 heavy (non-hydrogen) atoms. The number of alkyl carbamates (subject to hydrolysis) is 1. The number of nitrogens with one attached hydrogen (secondary N) is 2. The van der Waals surface area contributed by atoms with Gasteiger partial charge in [-0.3, -0.25) is 9.62 Å². The number of amides is 1. The Morgan fingerprint density at radius 2 is 1.96 bits per heavy atom. The molecule has 1 heterocycles. The Morgan fingerprint density at radius 1 is 1.32 bits per heavy atom. The Morgan fingerprint density at radius 3 is 2.46 bits per heavy atom. The van der Waals surface area contributed by atoms with Gasteiger partial charge in [0.2, 0.25) is 0 Å². The second-order valence-electron chi connectivity index (χ2n) is 8.89. The van der Waals surface area contributed by atoms with Crippen molar-refractivity contribution in [2.45, 2.75) is 64.4 Å². The van der Waals surface area contributed by atoms with Crippen molar-refractivity contribution in [1.82, 2.24) is 5.32 Å². The van der Waals surface area contributed by atoms with E-state index in [2.05, 4.69) is 5.32 Å². The van der Waals surface area contributed by atoms with Gasteiger partial charge in [0.05, 0.1) is 10.8 Å². The normalized spacial score (nSPS) is 18.2. The van der Waals surface area contributed by atoms with Gasteiger partial charge in [-0.1, -0.05) is 0 Å². The van der Waals surface area contributed by atoms with Crippen LogP contribution in [0.3, 0.4) is 0 Å². The van der Waals surface area contributed by atoms with E-state index in [1.807, 2.05) is 4.90 Å². The van der Waals surface area contributed by atoms with Crippen LogP contribution in [0.15, 0.2) is 18.2 Å². The molecule has 1 aliphatic heterocycles. The minimum Gasteiger partial charge on any atom is -0.444 e. The Labute approximate surface area is 168 Å². The molecule has 1 aromatic carbocycles. The molecule has 1 fully saturated rings. The van der Waals surface area contributed by atoms with Gasteiger partial charge in [-0.25, -0.2) is 9.18 Å². The molecule has 0 radical (unpaired) electrons. The van der Waals surface area contributed by atoms with Crippen LogP contribution in [-0.4, -0.2) is 44.8 Å². The molecule has 2 atom stereocenters. The van der Waals surface area contributed by atoms with Crippen molar-refractivity contribution in [2.75, 3.05) is 18.0 Å². The van der Waals surface area contributed by atoms with E-state index in [9.17, 15) is 13.4 Å². The fraction of sp³-hybridized carbons (Fsp3) is 0.600. The van der Waals surface area contributed by atoms with Crippen molar-refractivity contribution < 1.29 is 18.1 Å². The Hall–Kier alpha value is -1.96. The number of hydrogen-bond acceptors (Lipinski definition) is 5. The lowest BCUT2D eigenvalue weighted by molar-refractivity contribution is 0.0521. The highest BCUT2D eigenvalue weighted by Gasteiger charge is 2.33. The summed E-state index contributed by atoms with van der Waals surface area (Å²) in [6, 6.07) is 4.21. The van der Waals surface area contributed by atoms with E-state index in [-0.39, 0.29) is 11.1 Å². The molecule has 0 saturated carbocycles. The zero-order valence-corrected chi connectivity index (χ0v) is 18.2. The monoisotopic (exact) mass is 411 g/mol. The lowest BCUT2D eigenvalue weighted by atomic mass is 9.99.